The molecule has 5 heteroatoms. The quantitative estimate of drug-likeness (QED) is 0.671. The molecule has 0 aliphatic rings. The second-order valence-corrected chi connectivity index (χ2v) is 5.18. The Labute approximate surface area is 124 Å². The average molecular weight is 289 g/mol. The van der Waals surface area contributed by atoms with Gasteiger partial charge in [-0.2, -0.15) is 5.10 Å². The van der Waals surface area contributed by atoms with Crippen LogP contribution in [0.15, 0.2) is 30.9 Å². The Balaban J connectivity index is 2.23. The first-order valence-electron chi connectivity index (χ1n) is 6.53. The molecule has 1 atom stereocenters. The average Bonchev–Trinajstić information content (AvgIpc) is 2.76. The molecule has 106 valence electrons. The van der Waals surface area contributed by atoms with Crippen LogP contribution in [0.2, 0.25) is 0 Å². The Morgan fingerprint density at radius 3 is 2.85 bits per heavy atom. The molecular formula is C15H19N3OS. The number of aromatic amines is 1. The van der Waals surface area contributed by atoms with Crippen LogP contribution < -0.4 is 4.74 Å². The fourth-order valence-corrected chi connectivity index (χ4v) is 2.20. The second-order valence-electron chi connectivity index (χ2n) is 4.79. The molecule has 0 saturated heterocycles. The van der Waals surface area contributed by atoms with Crippen LogP contribution in [0.3, 0.4) is 0 Å². The van der Waals surface area contributed by atoms with E-state index < -0.39 is 0 Å². The van der Waals surface area contributed by atoms with Crippen molar-refractivity contribution >= 4 is 12.2 Å². The fourth-order valence-electron chi connectivity index (χ4n) is 1.99. The van der Waals surface area contributed by atoms with Crippen molar-refractivity contribution in [1.29, 1.82) is 0 Å². The molecule has 0 spiro atoms. The molecular weight excluding hydrogens is 270 g/mol. The lowest BCUT2D eigenvalue weighted by Crippen LogP contribution is -2.11. The van der Waals surface area contributed by atoms with Crippen molar-refractivity contribution in [3.8, 4) is 5.75 Å². The van der Waals surface area contributed by atoms with Crippen molar-refractivity contribution in [2.75, 3.05) is 0 Å². The highest BCUT2D eigenvalue weighted by Gasteiger charge is 2.15. The van der Waals surface area contributed by atoms with E-state index in [2.05, 4.69) is 36.7 Å². The van der Waals surface area contributed by atoms with Crippen molar-refractivity contribution in [2.24, 2.45) is 0 Å². The van der Waals surface area contributed by atoms with Gasteiger partial charge in [0.2, 0.25) is 0 Å². The molecule has 1 unspecified atom stereocenters. The van der Waals surface area contributed by atoms with Crippen LogP contribution in [0.25, 0.3) is 0 Å². The summed E-state index contributed by atoms with van der Waals surface area (Å²) in [7, 11) is 0. The van der Waals surface area contributed by atoms with Gasteiger partial charge in [-0.15, -0.1) is 6.58 Å². The Kier molecular flexibility index (Phi) is 4.39. The maximum Gasteiger partial charge on any atom is 0.195 e. The minimum absolute atomic E-state index is 0.190. The third-order valence-corrected chi connectivity index (χ3v) is 3.57. The Bertz CT molecular complexity index is 672. The van der Waals surface area contributed by atoms with Crippen LogP contribution in [-0.2, 0) is 6.54 Å². The molecule has 0 radical (unpaired) electrons. The van der Waals surface area contributed by atoms with Gasteiger partial charge in [0.25, 0.3) is 0 Å². The maximum atomic E-state index is 5.95. The van der Waals surface area contributed by atoms with Gasteiger partial charge in [0, 0.05) is 6.54 Å². The van der Waals surface area contributed by atoms with Gasteiger partial charge >= 0.3 is 0 Å². The number of benzene rings is 1. The van der Waals surface area contributed by atoms with Crippen LogP contribution in [0.4, 0.5) is 0 Å². The van der Waals surface area contributed by atoms with E-state index in [1.165, 1.54) is 11.1 Å². The standard InChI is InChI=1S/C15H19N3OS/c1-5-8-18-14(16-17-15(18)20)12(4)19-13-7-6-10(2)11(3)9-13/h5-7,9,12H,1,8H2,2-4H3,(H,17,20). The molecule has 0 amide bonds. The van der Waals surface area contributed by atoms with Crippen LogP contribution in [0, 0.1) is 18.6 Å². The van der Waals surface area contributed by atoms with Crippen molar-refractivity contribution in [1.82, 2.24) is 14.8 Å². The van der Waals surface area contributed by atoms with E-state index in [0.29, 0.717) is 11.3 Å². The number of H-pyrrole nitrogens is 1. The topological polar surface area (TPSA) is 42.8 Å². The van der Waals surface area contributed by atoms with Crippen molar-refractivity contribution in [2.45, 2.75) is 33.4 Å². The molecule has 1 heterocycles. The van der Waals surface area contributed by atoms with E-state index in [0.717, 1.165) is 11.6 Å². The van der Waals surface area contributed by atoms with E-state index in [4.69, 9.17) is 17.0 Å². The van der Waals surface area contributed by atoms with Crippen molar-refractivity contribution in [3.63, 3.8) is 0 Å². The van der Waals surface area contributed by atoms with Crippen molar-refractivity contribution in [3.05, 3.63) is 52.6 Å². The first-order chi connectivity index (χ1) is 9.52. The number of nitrogens with zero attached hydrogens (tertiary/aromatic N) is 2. The molecule has 1 aromatic heterocycles. The summed E-state index contributed by atoms with van der Waals surface area (Å²) in [6.07, 6.45) is 1.60. The molecule has 4 nitrogen and oxygen atoms in total. The largest absolute Gasteiger partial charge is 0.483 e. The van der Waals surface area contributed by atoms with E-state index >= 15 is 0 Å². The lowest BCUT2D eigenvalue weighted by Gasteiger charge is -2.15. The number of rotatable bonds is 5. The summed E-state index contributed by atoms with van der Waals surface area (Å²) in [5.41, 5.74) is 2.46. The Hall–Kier alpha value is -1.88. The van der Waals surface area contributed by atoms with E-state index in [-0.39, 0.29) is 6.10 Å². The summed E-state index contributed by atoms with van der Waals surface area (Å²) in [5.74, 6) is 1.60. The van der Waals surface area contributed by atoms with Crippen LogP contribution in [-0.4, -0.2) is 14.8 Å². The molecule has 1 N–H and O–H groups in total. The molecule has 0 saturated carbocycles. The minimum atomic E-state index is -0.190. The SMILES string of the molecule is C=CCn1c(C(C)Oc2ccc(C)c(C)c2)n[nH]c1=S. The summed E-state index contributed by atoms with van der Waals surface area (Å²) in [6, 6.07) is 6.06. The lowest BCUT2D eigenvalue weighted by molar-refractivity contribution is 0.211. The second kappa shape index (κ2) is 6.05. The smallest absolute Gasteiger partial charge is 0.195 e. The van der Waals surface area contributed by atoms with Crippen LogP contribution in [0.1, 0.15) is 30.0 Å². The zero-order valence-electron chi connectivity index (χ0n) is 12.0. The zero-order chi connectivity index (χ0) is 14.7. The number of ether oxygens (including phenoxy) is 1. The molecule has 0 aliphatic carbocycles. The predicted octanol–water partition coefficient (Wildman–Crippen LogP) is 3.88. The van der Waals surface area contributed by atoms with Crippen LogP contribution >= 0.6 is 12.2 Å². The van der Waals surface area contributed by atoms with E-state index in [1.807, 2.05) is 23.6 Å². The van der Waals surface area contributed by atoms with Crippen molar-refractivity contribution < 1.29 is 4.74 Å². The monoisotopic (exact) mass is 289 g/mol. The van der Waals surface area contributed by atoms with E-state index in [9.17, 15) is 0 Å². The summed E-state index contributed by atoms with van der Waals surface area (Å²) < 4.78 is 8.41. The molecule has 0 aliphatic heterocycles. The van der Waals surface area contributed by atoms with Gasteiger partial charge < -0.3 is 4.74 Å². The number of allylic oxidation sites excluding steroid dienone is 1. The summed E-state index contributed by atoms with van der Waals surface area (Å²) in [6.45, 7) is 10.5. The number of hydrogen-bond donors (Lipinski definition) is 1. The maximum absolute atomic E-state index is 5.95. The van der Waals surface area contributed by atoms with Crippen LogP contribution in [0.5, 0.6) is 5.75 Å². The Morgan fingerprint density at radius 1 is 1.45 bits per heavy atom. The highest BCUT2D eigenvalue weighted by atomic mass is 32.1. The molecule has 1 aromatic carbocycles. The number of hydrogen-bond acceptors (Lipinski definition) is 3. The van der Waals surface area contributed by atoms with Gasteiger partial charge in [-0.05, 0) is 56.2 Å². The third-order valence-electron chi connectivity index (χ3n) is 3.25. The van der Waals surface area contributed by atoms with Gasteiger partial charge in [0.15, 0.2) is 16.7 Å². The fraction of sp³-hybridized carbons (Fsp3) is 0.333. The van der Waals surface area contributed by atoms with E-state index in [1.54, 1.807) is 6.08 Å². The summed E-state index contributed by atoms with van der Waals surface area (Å²) in [5, 5.41) is 7.04. The zero-order valence-corrected chi connectivity index (χ0v) is 12.8. The summed E-state index contributed by atoms with van der Waals surface area (Å²) in [4.78, 5) is 0. The highest BCUT2D eigenvalue weighted by Crippen LogP contribution is 2.23. The number of aryl methyl sites for hydroxylation is 2. The van der Waals surface area contributed by atoms with Gasteiger partial charge in [-0.3, -0.25) is 9.67 Å². The van der Waals surface area contributed by atoms with Gasteiger partial charge in [-0.1, -0.05) is 12.1 Å². The first kappa shape index (κ1) is 14.5. The predicted molar refractivity (Wildman–Crippen MR) is 82.6 cm³/mol. The molecule has 0 fully saturated rings. The highest BCUT2D eigenvalue weighted by molar-refractivity contribution is 7.71. The van der Waals surface area contributed by atoms with Gasteiger partial charge in [-0.25, -0.2) is 0 Å². The van der Waals surface area contributed by atoms with Gasteiger partial charge in [0.1, 0.15) is 5.75 Å². The number of aromatic nitrogens is 3. The summed E-state index contributed by atoms with van der Waals surface area (Å²) >= 11 is 5.20. The molecule has 2 aromatic rings. The molecule has 0 bridgehead atoms. The van der Waals surface area contributed by atoms with Gasteiger partial charge in [0.05, 0.1) is 0 Å². The molecule has 2 rings (SSSR count). The lowest BCUT2D eigenvalue weighted by atomic mass is 10.1. The normalized spacial score (nSPS) is 12.2. The minimum Gasteiger partial charge on any atom is -0.483 e. The molecule has 20 heavy (non-hydrogen) atoms. The third kappa shape index (κ3) is 2.99. The first-order valence-corrected chi connectivity index (χ1v) is 6.93. The number of nitrogens with one attached hydrogen (secondary N) is 1. The Morgan fingerprint density at radius 2 is 2.20 bits per heavy atom.